The molecule has 1 aromatic carbocycles. The third-order valence-corrected chi connectivity index (χ3v) is 5.81. The third kappa shape index (κ3) is 9.36. The zero-order valence-corrected chi connectivity index (χ0v) is 23.7. The molecular formula is C27H43FN2O8. The molecule has 1 aromatic rings. The molecule has 38 heavy (non-hydrogen) atoms. The molecule has 1 heterocycles. The Labute approximate surface area is 224 Å². The van der Waals surface area contributed by atoms with E-state index in [0.717, 1.165) is 0 Å². The molecule has 1 amide bonds. The molecule has 0 saturated carbocycles. The maximum absolute atomic E-state index is 14.2. The van der Waals surface area contributed by atoms with Crippen LogP contribution in [0.5, 0.6) is 5.75 Å². The number of carbonyl (C=O) groups excluding carboxylic acids is 1. The average Bonchev–Trinajstić information content (AvgIpc) is 2.77. The van der Waals surface area contributed by atoms with Crippen molar-refractivity contribution in [1.29, 1.82) is 0 Å². The van der Waals surface area contributed by atoms with E-state index in [0.29, 0.717) is 19.6 Å². The van der Waals surface area contributed by atoms with Gasteiger partial charge in [-0.25, -0.2) is 9.18 Å². The first-order valence-corrected chi connectivity index (χ1v) is 13.0. The predicted octanol–water partition coefficient (Wildman–Crippen LogP) is 4.58. The highest BCUT2D eigenvalue weighted by atomic mass is 19.1. The van der Waals surface area contributed by atoms with Crippen LogP contribution >= 0.6 is 0 Å². The Morgan fingerprint density at radius 2 is 1.92 bits per heavy atom. The highest BCUT2D eigenvalue weighted by molar-refractivity contribution is 5.69. The van der Waals surface area contributed by atoms with Gasteiger partial charge in [0.2, 0.25) is 6.04 Å². The molecule has 216 valence electrons. The summed E-state index contributed by atoms with van der Waals surface area (Å²) in [6, 6.07) is 0.516. The molecule has 1 N–H and O–H groups in total. The van der Waals surface area contributed by atoms with Crippen molar-refractivity contribution in [2.45, 2.75) is 104 Å². The van der Waals surface area contributed by atoms with Crippen molar-refractivity contribution in [2.75, 3.05) is 19.8 Å². The summed E-state index contributed by atoms with van der Waals surface area (Å²) in [4.78, 5) is 26.0. The Balaban J connectivity index is 2.34. The van der Waals surface area contributed by atoms with Crippen LogP contribution in [0, 0.1) is 21.3 Å². The second-order valence-electron chi connectivity index (χ2n) is 12.0. The van der Waals surface area contributed by atoms with E-state index < -0.39 is 53.0 Å². The number of hydrogen-bond acceptors (Lipinski definition) is 8. The van der Waals surface area contributed by atoms with Gasteiger partial charge in [-0.2, -0.15) is 0 Å². The number of hydrogen-bond donors (Lipinski definition) is 1. The van der Waals surface area contributed by atoms with Gasteiger partial charge >= 0.3 is 6.09 Å². The lowest BCUT2D eigenvalue weighted by molar-refractivity contribution is -0.536. The molecule has 0 spiro atoms. The number of carbonyl (C=O) groups is 1. The van der Waals surface area contributed by atoms with Gasteiger partial charge in [0.25, 0.3) is 0 Å². The number of ether oxygens (including phenoxy) is 4. The Bertz CT molecular complexity index is 946. The SMILES string of the molecule is CCCOc1cc(F)cc(CC(C(O)[C@H]2CO[C@@H](OCC(C)(C)C)[C@H](C)N2C(=O)OC(C)(C)C)[N+](=O)[O-])c1. The minimum Gasteiger partial charge on any atom is -0.493 e. The molecule has 10 nitrogen and oxygen atoms in total. The first-order chi connectivity index (χ1) is 17.5. The molecule has 0 aromatic heterocycles. The lowest BCUT2D eigenvalue weighted by Crippen LogP contribution is -2.65. The summed E-state index contributed by atoms with van der Waals surface area (Å²) in [7, 11) is 0. The van der Waals surface area contributed by atoms with Crippen molar-refractivity contribution >= 4 is 6.09 Å². The van der Waals surface area contributed by atoms with Gasteiger partial charge in [0.05, 0.1) is 31.9 Å². The molecule has 2 unspecified atom stereocenters. The minimum atomic E-state index is -1.65. The van der Waals surface area contributed by atoms with Crippen molar-refractivity contribution < 1.29 is 38.2 Å². The van der Waals surface area contributed by atoms with Crippen LogP contribution in [0.15, 0.2) is 18.2 Å². The van der Waals surface area contributed by atoms with Crippen molar-refractivity contribution in [3.05, 3.63) is 39.7 Å². The third-order valence-electron chi connectivity index (χ3n) is 5.81. The zero-order chi connectivity index (χ0) is 28.8. The fourth-order valence-electron chi connectivity index (χ4n) is 4.10. The van der Waals surface area contributed by atoms with Gasteiger partial charge < -0.3 is 24.1 Å². The first-order valence-electron chi connectivity index (χ1n) is 13.0. The molecule has 1 fully saturated rings. The largest absolute Gasteiger partial charge is 0.493 e. The van der Waals surface area contributed by atoms with E-state index in [9.17, 15) is 24.4 Å². The number of nitrogens with zero attached hydrogens (tertiary/aromatic N) is 2. The van der Waals surface area contributed by atoms with E-state index >= 15 is 0 Å². The van der Waals surface area contributed by atoms with E-state index in [1.165, 1.54) is 23.1 Å². The van der Waals surface area contributed by atoms with Gasteiger partial charge in [-0.1, -0.05) is 27.7 Å². The first kappa shape index (κ1) is 31.7. The van der Waals surface area contributed by atoms with Crippen LogP contribution in [0.2, 0.25) is 0 Å². The molecule has 11 heteroatoms. The summed E-state index contributed by atoms with van der Waals surface area (Å²) in [5, 5.41) is 23.4. The molecule has 0 radical (unpaired) electrons. The number of amides is 1. The van der Waals surface area contributed by atoms with Crippen LogP contribution in [0.3, 0.4) is 0 Å². The maximum Gasteiger partial charge on any atom is 0.411 e. The van der Waals surface area contributed by atoms with Crippen LogP contribution in [0.1, 0.15) is 67.4 Å². The van der Waals surface area contributed by atoms with Crippen LogP contribution in [-0.4, -0.2) is 77.0 Å². The fourth-order valence-corrected chi connectivity index (χ4v) is 4.10. The topological polar surface area (TPSA) is 121 Å². The van der Waals surface area contributed by atoms with Crippen LogP contribution in [0.4, 0.5) is 9.18 Å². The number of rotatable bonds is 10. The second-order valence-corrected chi connectivity index (χ2v) is 12.0. The second kappa shape index (κ2) is 13.0. The van der Waals surface area contributed by atoms with Gasteiger partial charge in [0, 0.05) is 17.4 Å². The summed E-state index contributed by atoms with van der Waals surface area (Å²) >= 11 is 0. The Morgan fingerprint density at radius 3 is 2.47 bits per heavy atom. The number of aliphatic hydroxyl groups is 1. The van der Waals surface area contributed by atoms with Crippen LogP contribution in [-0.2, 0) is 20.6 Å². The predicted molar refractivity (Wildman–Crippen MR) is 139 cm³/mol. The maximum atomic E-state index is 14.2. The minimum absolute atomic E-state index is 0.169. The molecule has 5 atom stereocenters. The monoisotopic (exact) mass is 542 g/mol. The summed E-state index contributed by atoms with van der Waals surface area (Å²) < 4.78 is 37.1. The summed E-state index contributed by atoms with van der Waals surface area (Å²) in [6.45, 7) is 15.2. The molecule has 1 aliphatic heterocycles. The Kier molecular flexibility index (Phi) is 10.9. The van der Waals surface area contributed by atoms with Crippen molar-refractivity contribution in [3.63, 3.8) is 0 Å². The number of benzene rings is 1. The van der Waals surface area contributed by atoms with E-state index in [1.54, 1.807) is 27.7 Å². The molecule has 0 aliphatic carbocycles. The van der Waals surface area contributed by atoms with Gasteiger partial charge in [0.1, 0.15) is 23.3 Å². The number of aliphatic hydroxyl groups excluding tert-OH is 1. The Hall–Kier alpha value is -2.50. The van der Waals surface area contributed by atoms with Gasteiger partial charge in [-0.15, -0.1) is 0 Å². The van der Waals surface area contributed by atoms with Gasteiger partial charge in [-0.3, -0.25) is 15.0 Å². The molecule has 2 rings (SSSR count). The lowest BCUT2D eigenvalue weighted by atomic mass is 9.94. The zero-order valence-electron chi connectivity index (χ0n) is 23.7. The standard InChI is InChI=1S/C27H43FN2O8/c1-9-10-35-20-12-18(11-19(28)14-20)13-21(30(33)34)23(31)22-15-36-24(37-16-26(3,4)5)17(2)29(22)25(32)38-27(6,7)8/h11-12,14,17,21-24,31H,9-10,13,15-16H2,1-8H3/t17-,21?,22+,23?,24-/m0/s1. The molecular weight excluding hydrogens is 499 g/mol. The lowest BCUT2D eigenvalue weighted by Gasteiger charge is -2.46. The van der Waals surface area contributed by atoms with Crippen molar-refractivity contribution in [2.24, 2.45) is 5.41 Å². The van der Waals surface area contributed by atoms with E-state index in [1.807, 2.05) is 27.7 Å². The fraction of sp³-hybridized carbons (Fsp3) is 0.741. The van der Waals surface area contributed by atoms with Crippen molar-refractivity contribution in [3.8, 4) is 5.75 Å². The van der Waals surface area contributed by atoms with Crippen LogP contribution < -0.4 is 4.74 Å². The van der Waals surface area contributed by atoms with E-state index in [2.05, 4.69) is 0 Å². The van der Waals surface area contributed by atoms with Crippen molar-refractivity contribution in [1.82, 2.24) is 4.90 Å². The molecule has 1 aliphatic rings. The van der Waals surface area contributed by atoms with Crippen LogP contribution in [0.25, 0.3) is 0 Å². The highest BCUT2D eigenvalue weighted by Crippen LogP contribution is 2.29. The summed E-state index contributed by atoms with van der Waals surface area (Å²) in [5.74, 6) is -0.351. The normalized spacial score (nSPS) is 22.1. The van der Waals surface area contributed by atoms with E-state index in [4.69, 9.17) is 18.9 Å². The number of nitro groups is 1. The molecule has 0 bridgehead atoms. The number of morpholine rings is 1. The smallest absolute Gasteiger partial charge is 0.411 e. The quantitative estimate of drug-likeness (QED) is 0.337. The Morgan fingerprint density at radius 1 is 1.26 bits per heavy atom. The average molecular weight is 543 g/mol. The highest BCUT2D eigenvalue weighted by Gasteiger charge is 2.48. The van der Waals surface area contributed by atoms with Gasteiger partial charge in [-0.05, 0) is 57.2 Å². The number of halogens is 1. The van der Waals surface area contributed by atoms with E-state index in [-0.39, 0.29) is 29.8 Å². The van der Waals surface area contributed by atoms with Gasteiger partial charge in [0.15, 0.2) is 6.29 Å². The molecule has 1 saturated heterocycles. The summed E-state index contributed by atoms with van der Waals surface area (Å²) in [6.07, 6.45) is -2.79. The summed E-state index contributed by atoms with van der Waals surface area (Å²) in [5.41, 5.74) is -0.722.